The van der Waals surface area contributed by atoms with E-state index >= 15 is 0 Å². The van der Waals surface area contributed by atoms with Crippen molar-refractivity contribution in [3.63, 3.8) is 0 Å². The molecule has 0 amide bonds. The van der Waals surface area contributed by atoms with Gasteiger partial charge in [-0.1, -0.05) is 34.1 Å². The highest BCUT2D eigenvalue weighted by molar-refractivity contribution is 9.10. The molecule has 0 radical (unpaired) electrons. The summed E-state index contributed by atoms with van der Waals surface area (Å²) in [5.74, 6) is 1.70. The smallest absolute Gasteiger partial charge is 0.130 e. The van der Waals surface area contributed by atoms with E-state index in [4.69, 9.17) is 10.7 Å². The Morgan fingerprint density at radius 2 is 2.17 bits per heavy atom. The average molecular weight is 308 g/mol. The van der Waals surface area contributed by atoms with Crippen molar-refractivity contribution in [2.75, 3.05) is 6.54 Å². The number of hydrogen-bond donors (Lipinski definition) is 2. The normalized spacial score (nSPS) is 30.6. The predicted molar refractivity (Wildman–Crippen MR) is 77.8 cm³/mol. The Bertz CT molecular complexity index is 472. The Labute approximate surface area is 116 Å². The minimum absolute atomic E-state index is 0.440. The van der Waals surface area contributed by atoms with Crippen molar-refractivity contribution in [2.24, 2.45) is 16.6 Å². The molecule has 0 bridgehead atoms. The molecule has 1 aliphatic heterocycles. The van der Waals surface area contributed by atoms with Gasteiger partial charge >= 0.3 is 0 Å². The summed E-state index contributed by atoms with van der Waals surface area (Å²) in [6, 6.07) is 9.16. The van der Waals surface area contributed by atoms with Gasteiger partial charge < -0.3 is 11.1 Å². The van der Waals surface area contributed by atoms with E-state index in [2.05, 4.69) is 39.4 Å². The Balaban J connectivity index is 1.80. The van der Waals surface area contributed by atoms with E-state index in [0.29, 0.717) is 18.0 Å². The summed E-state index contributed by atoms with van der Waals surface area (Å²) in [7, 11) is 0. The number of nitrogens with one attached hydrogen (secondary N) is 1. The molecule has 4 heteroatoms. The van der Waals surface area contributed by atoms with Crippen molar-refractivity contribution < 1.29 is 0 Å². The van der Waals surface area contributed by atoms with Gasteiger partial charge in [0.05, 0.1) is 12.1 Å². The highest BCUT2D eigenvalue weighted by Crippen LogP contribution is 2.30. The van der Waals surface area contributed by atoms with E-state index in [1.165, 1.54) is 6.42 Å². The highest BCUT2D eigenvalue weighted by atomic mass is 79.9. The largest absolute Gasteiger partial charge is 0.365 e. The number of aliphatic imine (C=N–C) groups is 1. The van der Waals surface area contributed by atoms with Crippen molar-refractivity contribution in [1.29, 1.82) is 0 Å². The first-order valence-electron chi connectivity index (χ1n) is 6.57. The molecule has 3 unspecified atom stereocenters. The topological polar surface area (TPSA) is 50.4 Å². The number of fused-ring (bicyclic) bond motifs is 1. The van der Waals surface area contributed by atoms with Gasteiger partial charge in [0.2, 0.25) is 0 Å². The van der Waals surface area contributed by atoms with Gasteiger partial charge in [0.15, 0.2) is 0 Å². The minimum Gasteiger partial charge on any atom is -0.365 e. The van der Waals surface area contributed by atoms with Crippen LogP contribution in [0.15, 0.2) is 33.7 Å². The SMILES string of the molecule is NCC1CCC2N=C(c3ccccc3Br)NC2C1. The number of hydrogen-bond acceptors (Lipinski definition) is 3. The van der Waals surface area contributed by atoms with Crippen LogP contribution < -0.4 is 11.1 Å². The molecule has 3 nitrogen and oxygen atoms in total. The van der Waals surface area contributed by atoms with Crippen LogP contribution in [0.5, 0.6) is 0 Å². The van der Waals surface area contributed by atoms with E-state index in [1.807, 2.05) is 6.07 Å². The number of amidine groups is 1. The van der Waals surface area contributed by atoms with Gasteiger partial charge in [0, 0.05) is 10.0 Å². The maximum Gasteiger partial charge on any atom is 0.130 e. The van der Waals surface area contributed by atoms with Gasteiger partial charge in [-0.25, -0.2) is 0 Å². The molecule has 2 aliphatic rings. The van der Waals surface area contributed by atoms with Gasteiger partial charge in [-0.3, -0.25) is 4.99 Å². The highest BCUT2D eigenvalue weighted by Gasteiger charge is 2.35. The number of nitrogens with zero attached hydrogens (tertiary/aromatic N) is 1. The van der Waals surface area contributed by atoms with Crippen LogP contribution in [0.1, 0.15) is 24.8 Å². The quantitative estimate of drug-likeness (QED) is 0.881. The number of nitrogens with two attached hydrogens (primary N) is 1. The predicted octanol–water partition coefficient (Wildman–Crippen LogP) is 2.29. The van der Waals surface area contributed by atoms with Crippen molar-refractivity contribution in [2.45, 2.75) is 31.3 Å². The average Bonchev–Trinajstić information content (AvgIpc) is 2.81. The Kier molecular flexibility index (Phi) is 3.39. The standard InChI is InChI=1S/C14H18BrN3/c15-11-4-2-1-3-10(11)14-17-12-6-5-9(8-16)7-13(12)18-14/h1-4,9,12-13H,5-8,16H2,(H,17,18). The molecule has 1 aromatic rings. The Morgan fingerprint density at radius 1 is 1.33 bits per heavy atom. The zero-order valence-electron chi connectivity index (χ0n) is 10.3. The summed E-state index contributed by atoms with van der Waals surface area (Å²) >= 11 is 3.59. The lowest BCUT2D eigenvalue weighted by Gasteiger charge is -2.29. The second-order valence-corrected chi connectivity index (χ2v) is 6.04. The molecule has 3 N–H and O–H groups in total. The first kappa shape index (κ1) is 12.2. The lowest BCUT2D eigenvalue weighted by Crippen LogP contribution is -2.41. The molecule has 1 heterocycles. The molecule has 1 aliphatic carbocycles. The van der Waals surface area contributed by atoms with Crippen LogP contribution in [0.2, 0.25) is 0 Å². The van der Waals surface area contributed by atoms with Gasteiger partial charge in [-0.15, -0.1) is 0 Å². The molecule has 1 fully saturated rings. The maximum atomic E-state index is 5.78. The van der Waals surface area contributed by atoms with E-state index in [9.17, 15) is 0 Å². The molecule has 1 saturated carbocycles. The minimum atomic E-state index is 0.440. The van der Waals surface area contributed by atoms with Crippen molar-refractivity contribution in [1.82, 2.24) is 5.32 Å². The van der Waals surface area contributed by atoms with Crippen LogP contribution >= 0.6 is 15.9 Å². The molecular weight excluding hydrogens is 290 g/mol. The molecule has 3 rings (SSSR count). The molecule has 1 aromatic carbocycles. The monoisotopic (exact) mass is 307 g/mol. The molecule has 0 aromatic heterocycles. The van der Waals surface area contributed by atoms with Crippen molar-refractivity contribution in [3.05, 3.63) is 34.3 Å². The van der Waals surface area contributed by atoms with Crippen LogP contribution in [0.25, 0.3) is 0 Å². The third-order valence-corrected chi connectivity index (χ3v) is 4.69. The number of benzene rings is 1. The first-order valence-corrected chi connectivity index (χ1v) is 7.36. The van der Waals surface area contributed by atoms with Crippen LogP contribution in [0.3, 0.4) is 0 Å². The van der Waals surface area contributed by atoms with E-state index < -0.39 is 0 Å². The Morgan fingerprint density at radius 3 is 2.94 bits per heavy atom. The van der Waals surface area contributed by atoms with E-state index in [0.717, 1.165) is 35.3 Å². The fourth-order valence-corrected chi connectivity index (χ4v) is 3.42. The summed E-state index contributed by atoms with van der Waals surface area (Å²) in [6.07, 6.45) is 3.53. The second-order valence-electron chi connectivity index (χ2n) is 5.19. The summed E-state index contributed by atoms with van der Waals surface area (Å²) < 4.78 is 1.10. The molecule has 0 saturated heterocycles. The fourth-order valence-electron chi connectivity index (χ4n) is 2.94. The third kappa shape index (κ3) is 2.19. The van der Waals surface area contributed by atoms with Crippen LogP contribution in [0, 0.1) is 5.92 Å². The van der Waals surface area contributed by atoms with E-state index in [-0.39, 0.29) is 0 Å². The zero-order chi connectivity index (χ0) is 12.5. The summed E-state index contributed by atoms with van der Waals surface area (Å²) in [6.45, 7) is 0.801. The van der Waals surface area contributed by atoms with Gasteiger partial charge in [0.25, 0.3) is 0 Å². The molecule has 18 heavy (non-hydrogen) atoms. The molecule has 96 valence electrons. The molecular formula is C14H18BrN3. The Hall–Kier alpha value is -0.870. The lowest BCUT2D eigenvalue weighted by atomic mass is 9.83. The summed E-state index contributed by atoms with van der Waals surface area (Å²) in [5.41, 5.74) is 6.95. The van der Waals surface area contributed by atoms with Crippen LogP contribution in [0.4, 0.5) is 0 Å². The summed E-state index contributed by atoms with van der Waals surface area (Å²) in [5, 5.41) is 3.58. The lowest BCUT2D eigenvalue weighted by molar-refractivity contribution is 0.294. The van der Waals surface area contributed by atoms with Gasteiger partial charge in [-0.2, -0.15) is 0 Å². The molecule has 3 atom stereocenters. The van der Waals surface area contributed by atoms with Gasteiger partial charge in [-0.05, 0) is 37.8 Å². The maximum absolute atomic E-state index is 5.78. The van der Waals surface area contributed by atoms with Crippen LogP contribution in [-0.4, -0.2) is 24.5 Å². The second kappa shape index (κ2) is 5.02. The number of halogens is 1. The van der Waals surface area contributed by atoms with Gasteiger partial charge in [0.1, 0.15) is 5.84 Å². The van der Waals surface area contributed by atoms with Crippen LogP contribution in [-0.2, 0) is 0 Å². The summed E-state index contributed by atoms with van der Waals surface area (Å²) in [4.78, 5) is 4.84. The third-order valence-electron chi connectivity index (χ3n) is 4.00. The fraction of sp³-hybridized carbons (Fsp3) is 0.500. The number of rotatable bonds is 2. The first-order chi connectivity index (χ1) is 8.78. The van der Waals surface area contributed by atoms with Crippen molar-refractivity contribution in [3.8, 4) is 0 Å². The van der Waals surface area contributed by atoms with Crippen molar-refractivity contribution >= 4 is 21.8 Å². The zero-order valence-corrected chi connectivity index (χ0v) is 11.9. The molecule has 0 spiro atoms. The van der Waals surface area contributed by atoms with E-state index in [1.54, 1.807) is 0 Å².